The van der Waals surface area contributed by atoms with Crippen LogP contribution in [-0.4, -0.2) is 0 Å². The summed E-state index contributed by atoms with van der Waals surface area (Å²) in [6.07, 6.45) is 12.3. The van der Waals surface area contributed by atoms with E-state index in [2.05, 4.69) is 54.4 Å². The Balaban J connectivity index is 2.49. The molecule has 2 aromatic rings. The molecule has 0 aliphatic carbocycles. The average molecular weight is 295 g/mol. The third-order valence-electron chi connectivity index (χ3n) is 3.22. The topological polar surface area (TPSA) is 12.0 Å². The van der Waals surface area contributed by atoms with E-state index in [1.807, 2.05) is 32.9 Å². The SMILES string of the molecule is C=Cc1sc2ccc(NC(/C=C\C)=C/C)cc2c1/C=C\C. The molecule has 0 atom stereocenters. The van der Waals surface area contributed by atoms with Gasteiger partial charge in [0, 0.05) is 31.9 Å². The molecule has 0 bridgehead atoms. The van der Waals surface area contributed by atoms with Gasteiger partial charge in [-0.1, -0.05) is 37.0 Å². The number of hydrogen-bond donors (Lipinski definition) is 1. The lowest BCUT2D eigenvalue weighted by atomic mass is 10.1. The number of anilines is 1. The molecule has 0 spiro atoms. The molecule has 0 amide bonds. The van der Waals surface area contributed by atoms with Gasteiger partial charge in [0.25, 0.3) is 0 Å². The highest BCUT2D eigenvalue weighted by Crippen LogP contribution is 2.35. The van der Waals surface area contributed by atoms with Crippen molar-refractivity contribution in [2.24, 2.45) is 0 Å². The second kappa shape index (κ2) is 7.09. The van der Waals surface area contributed by atoms with Gasteiger partial charge in [0.2, 0.25) is 0 Å². The summed E-state index contributed by atoms with van der Waals surface area (Å²) in [6, 6.07) is 6.50. The molecule has 2 heteroatoms. The molecule has 1 heterocycles. The second-order valence-corrected chi connectivity index (χ2v) is 5.75. The van der Waals surface area contributed by atoms with Gasteiger partial charge in [-0.3, -0.25) is 0 Å². The van der Waals surface area contributed by atoms with Crippen LogP contribution in [0.2, 0.25) is 0 Å². The molecule has 0 saturated carbocycles. The summed E-state index contributed by atoms with van der Waals surface area (Å²) in [6.45, 7) is 10.0. The van der Waals surface area contributed by atoms with Crippen molar-refractivity contribution in [1.82, 2.24) is 0 Å². The number of thiophene rings is 1. The molecule has 0 radical (unpaired) electrons. The van der Waals surface area contributed by atoms with Gasteiger partial charge in [0.15, 0.2) is 0 Å². The number of hydrogen-bond acceptors (Lipinski definition) is 2. The van der Waals surface area contributed by atoms with Gasteiger partial charge in [-0.15, -0.1) is 11.3 Å². The minimum atomic E-state index is 1.10. The molecule has 21 heavy (non-hydrogen) atoms. The summed E-state index contributed by atoms with van der Waals surface area (Å²) in [5.41, 5.74) is 3.46. The molecule has 1 nitrogen and oxygen atoms in total. The average Bonchev–Trinajstić information content (AvgIpc) is 2.85. The fourth-order valence-electron chi connectivity index (χ4n) is 2.26. The van der Waals surface area contributed by atoms with Crippen molar-refractivity contribution >= 4 is 39.3 Å². The molecule has 1 aromatic heterocycles. The molecule has 2 rings (SSSR count). The Hall–Kier alpha value is -2.06. The number of benzene rings is 1. The van der Waals surface area contributed by atoms with Crippen LogP contribution in [0.4, 0.5) is 5.69 Å². The molecule has 1 aromatic carbocycles. The van der Waals surface area contributed by atoms with E-state index in [-0.39, 0.29) is 0 Å². The van der Waals surface area contributed by atoms with Crippen molar-refractivity contribution in [3.63, 3.8) is 0 Å². The van der Waals surface area contributed by atoms with E-state index < -0.39 is 0 Å². The van der Waals surface area contributed by atoms with Crippen LogP contribution < -0.4 is 5.32 Å². The van der Waals surface area contributed by atoms with Crippen molar-refractivity contribution in [1.29, 1.82) is 0 Å². The molecule has 108 valence electrons. The van der Waals surface area contributed by atoms with E-state index in [1.54, 1.807) is 11.3 Å². The lowest BCUT2D eigenvalue weighted by Crippen LogP contribution is -1.95. The Morgan fingerprint density at radius 1 is 1.19 bits per heavy atom. The summed E-state index contributed by atoms with van der Waals surface area (Å²) >= 11 is 1.78. The van der Waals surface area contributed by atoms with Crippen molar-refractivity contribution in [2.75, 3.05) is 5.32 Å². The van der Waals surface area contributed by atoms with Gasteiger partial charge in [0.1, 0.15) is 0 Å². The maximum atomic E-state index is 3.92. The minimum Gasteiger partial charge on any atom is -0.356 e. The molecule has 0 fully saturated rings. The highest BCUT2D eigenvalue weighted by molar-refractivity contribution is 7.20. The standard InChI is InChI=1S/C19H21NS/c1-5-9-14(7-3)20-15-11-12-19-17(13-15)16(10-6-2)18(8-4)21-19/h5-13,20H,4H2,1-3H3/b9-5-,10-6-,14-7+. The van der Waals surface area contributed by atoms with E-state index in [0.29, 0.717) is 0 Å². The van der Waals surface area contributed by atoms with Crippen LogP contribution in [-0.2, 0) is 0 Å². The van der Waals surface area contributed by atoms with Crippen LogP contribution in [0.5, 0.6) is 0 Å². The van der Waals surface area contributed by atoms with Gasteiger partial charge < -0.3 is 5.32 Å². The largest absolute Gasteiger partial charge is 0.356 e. The first-order valence-corrected chi connectivity index (χ1v) is 7.92. The predicted molar refractivity (Wildman–Crippen MR) is 98.8 cm³/mol. The van der Waals surface area contributed by atoms with E-state index in [4.69, 9.17) is 0 Å². The van der Waals surface area contributed by atoms with Gasteiger partial charge in [-0.05, 0) is 45.0 Å². The van der Waals surface area contributed by atoms with Crippen LogP contribution in [0.15, 0.2) is 54.8 Å². The monoisotopic (exact) mass is 295 g/mol. The highest BCUT2D eigenvalue weighted by Gasteiger charge is 2.08. The lowest BCUT2D eigenvalue weighted by Gasteiger charge is -2.07. The van der Waals surface area contributed by atoms with E-state index in [9.17, 15) is 0 Å². The Bertz CT molecular complexity index is 729. The number of allylic oxidation sites excluding steroid dienone is 4. The zero-order valence-corrected chi connectivity index (χ0v) is 13.6. The Labute approximate surface area is 131 Å². The molecular formula is C19H21NS. The van der Waals surface area contributed by atoms with Crippen LogP contribution in [0.25, 0.3) is 22.2 Å². The molecule has 0 saturated heterocycles. The van der Waals surface area contributed by atoms with E-state index in [1.165, 1.54) is 20.5 Å². The van der Waals surface area contributed by atoms with Gasteiger partial charge in [-0.25, -0.2) is 0 Å². The maximum absolute atomic E-state index is 3.92. The third kappa shape index (κ3) is 3.34. The van der Waals surface area contributed by atoms with E-state index >= 15 is 0 Å². The predicted octanol–water partition coefficient (Wildman–Crippen LogP) is 6.47. The summed E-state index contributed by atoms with van der Waals surface area (Å²) in [5, 5.41) is 4.72. The van der Waals surface area contributed by atoms with Crippen molar-refractivity contribution in [3.05, 3.63) is 65.2 Å². The molecular weight excluding hydrogens is 274 g/mol. The fraction of sp³-hybridized carbons (Fsp3) is 0.158. The first-order valence-electron chi connectivity index (χ1n) is 7.11. The number of nitrogens with one attached hydrogen (secondary N) is 1. The van der Waals surface area contributed by atoms with Crippen LogP contribution in [0, 0.1) is 0 Å². The van der Waals surface area contributed by atoms with Crippen molar-refractivity contribution in [3.8, 4) is 0 Å². The van der Waals surface area contributed by atoms with Gasteiger partial charge >= 0.3 is 0 Å². The third-order valence-corrected chi connectivity index (χ3v) is 4.40. The number of rotatable bonds is 5. The normalized spacial score (nSPS) is 12.6. The van der Waals surface area contributed by atoms with Crippen LogP contribution in [0.3, 0.4) is 0 Å². The Morgan fingerprint density at radius 3 is 2.62 bits per heavy atom. The molecule has 0 aliphatic heterocycles. The lowest BCUT2D eigenvalue weighted by molar-refractivity contribution is 1.44. The van der Waals surface area contributed by atoms with Crippen molar-refractivity contribution in [2.45, 2.75) is 20.8 Å². The second-order valence-electron chi connectivity index (χ2n) is 4.66. The molecule has 0 unspecified atom stereocenters. The summed E-state index contributed by atoms with van der Waals surface area (Å²) in [4.78, 5) is 1.22. The quantitative estimate of drug-likeness (QED) is 0.623. The summed E-state index contributed by atoms with van der Waals surface area (Å²) in [7, 11) is 0. The van der Waals surface area contributed by atoms with Gasteiger partial charge in [-0.2, -0.15) is 0 Å². The Morgan fingerprint density at radius 2 is 2.00 bits per heavy atom. The summed E-state index contributed by atoms with van der Waals surface area (Å²) < 4.78 is 1.29. The van der Waals surface area contributed by atoms with Crippen molar-refractivity contribution < 1.29 is 0 Å². The summed E-state index contributed by atoms with van der Waals surface area (Å²) in [5.74, 6) is 0. The Kier molecular flexibility index (Phi) is 5.18. The number of fused-ring (bicyclic) bond motifs is 1. The maximum Gasteiger partial charge on any atom is 0.0391 e. The fourth-order valence-corrected chi connectivity index (χ4v) is 3.28. The van der Waals surface area contributed by atoms with Gasteiger partial charge in [0.05, 0.1) is 0 Å². The highest BCUT2D eigenvalue weighted by atomic mass is 32.1. The first kappa shape index (κ1) is 15.3. The molecule has 0 aliphatic rings. The van der Waals surface area contributed by atoms with Crippen LogP contribution >= 0.6 is 11.3 Å². The zero-order valence-electron chi connectivity index (χ0n) is 12.8. The van der Waals surface area contributed by atoms with Crippen LogP contribution in [0.1, 0.15) is 31.2 Å². The minimum absolute atomic E-state index is 1.10. The smallest absolute Gasteiger partial charge is 0.0391 e. The molecule has 1 N–H and O–H groups in total. The zero-order chi connectivity index (χ0) is 15.2. The first-order chi connectivity index (χ1) is 10.2. The van der Waals surface area contributed by atoms with E-state index in [0.717, 1.165) is 11.4 Å².